The molecule has 0 saturated carbocycles. The number of halogens is 1. The van der Waals surface area contributed by atoms with Gasteiger partial charge in [-0.1, -0.05) is 18.2 Å². The molecule has 0 saturated heterocycles. The van der Waals surface area contributed by atoms with Crippen LogP contribution >= 0.6 is 11.3 Å². The van der Waals surface area contributed by atoms with Crippen LogP contribution in [0.5, 0.6) is 0 Å². The highest BCUT2D eigenvalue weighted by Crippen LogP contribution is 2.17. The van der Waals surface area contributed by atoms with E-state index in [4.69, 9.17) is 4.42 Å². The fraction of sp³-hybridized carbons (Fsp3) is 0.111. The molecule has 0 N–H and O–H groups in total. The lowest BCUT2D eigenvalue weighted by molar-refractivity contribution is 0.478. The molecule has 126 valence electrons. The van der Waals surface area contributed by atoms with Crippen molar-refractivity contribution in [3.8, 4) is 0 Å². The molecule has 25 heavy (non-hydrogen) atoms. The van der Waals surface area contributed by atoms with Gasteiger partial charge in [0.2, 0.25) is 0 Å². The smallest absolute Gasteiger partial charge is 0.332 e. The molecular weight excluding hydrogens is 343 g/mol. The molecule has 3 heterocycles. The van der Waals surface area contributed by atoms with E-state index in [1.807, 2.05) is 0 Å². The van der Waals surface area contributed by atoms with Crippen LogP contribution in [0.25, 0.3) is 10.2 Å². The predicted octanol–water partition coefficient (Wildman–Crippen LogP) is 3.05. The maximum Gasteiger partial charge on any atom is 0.332 e. The van der Waals surface area contributed by atoms with Crippen molar-refractivity contribution in [2.75, 3.05) is 0 Å². The first-order chi connectivity index (χ1) is 12.1. The van der Waals surface area contributed by atoms with E-state index in [1.165, 1.54) is 28.2 Å². The second kappa shape index (κ2) is 6.18. The molecule has 0 fully saturated rings. The Balaban J connectivity index is 1.91. The lowest BCUT2D eigenvalue weighted by Crippen LogP contribution is -2.40. The summed E-state index contributed by atoms with van der Waals surface area (Å²) in [5.41, 5.74) is 0.0472. The average Bonchev–Trinajstić information content (AvgIpc) is 3.29. The van der Waals surface area contributed by atoms with Gasteiger partial charge in [-0.15, -0.1) is 11.3 Å². The second-order valence-corrected chi connectivity index (χ2v) is 6.48. The molecule has 0 amide bonds. The highest BCUT2D eigenvalue weighted by Gasteiger charge is 2.16. The molecule has 4 rings (SSSR count). The molecule has 0 aliphatic heterocycles. The van der Waals surface area contributed by atoms with Gasteiger partial charge >= 0.3 is 5.69 Å². The zero-order chi connectivity index (χ0) is 17.4. The summed E-state index contributed by atoms with van der Waals surface area (Å²) in [6.45, 7) is 0.0902. The maximum atomic E-state index is 14.0. The number of thiophene rings is 1. The maximum absolute atomic E-state index is 14.0. The third-order valence-corrected chi connectivity index (χ3v) is 4.91. The fourth-order valence-corrected chi connectivity index (χ4v) is 3.62. The van der Waals surface area contributed by atoms with E-state index >= 15 is 0 Å². The monoisotopic (exact) mass is 356 g/mol. The quantitative estimate of drug-likeness (QED) is 0.565. The van der Waals surface area contributed by atoms with Gasteiger partial charge in [0.15, 0.2) is 0 Å². The molecule has 0 unspecified atom stereocenters. The molecule has 4 aromatic rings. The summed E-state index contributed by atoms with van der Waals surface area (Å²) in [4.78, 5) is 25.6. The number of aromatic nitrogens is 2. The van der Waals surface area contributed by atoms with Crippen LogP contribution in [0.1, 0.15) is 11.3 Å². The van der Waals surface area contributed by atoms with E-state index in [0.29, 0.717) is 21.5 Å². The molecule has 1 aromatic carbocycles. The second-order valence-electron chi connectivity index (χ2n) is 5.57. The van der Waals surface area contributed by atoms with Gasteiger partial charge < -0.3 is 4.42 Å². The minimum Gasteiger partial charge on any atom is -0.467 e. The standard InChI is InChI=1S/C18H13FN2O3S/c19-14-6-2-1-4-12(14)10-20-15-7-9-25-16(15)17(22)21(18(20)23)11-13-5-3-8-24-13/h1-9H,10-11H2. The first kappa shape index (κ1) is 15.6. The van der Waals surface area contributed by atoms with Crippen LogP contribution in [-0.4, -0.2) is 9.13 Å². The van der Waals surface area contributed by atoms with E-state index in [0.717, 1.165) is 4.57 Å². The molecule has 0 radical (unpaired) electrons. The summed E-state index contributed by atoms with van der Waals surface area (Å²) in [6.07, 6.45) is 1.49. The zero-order valence-electron chi connectivity index (χ0n) is 13.0. The highest BCUT2D eigenvalue weighted by molar-refractivity contribution is 7.17. The SMILES string of the molecule is O=c1c2sccc2n(Cc2ccccc2F)c(=O)n1Cc1ccco1. The Hall–Kier alpha value is -2.93. The minimum absolute atomic E-state index is 0.0375. The zero-order valence-corrected chi connectivity index (χ0v) is 13.8. The first-order valence-electron chi connectivity index (χ1n) is 7.62. The Morgan fingerprint density at radius 3 is 2.60 bits per heavy atom. The van der Waals surface area contributed by atoms with Crippen molar-refractivity contribution in [2.24, 2.45) is 0 Å². The summed E-state index contributed by atoms with van der Waals surface area (Å²) < 4.78 is 22.3. The summed E-state index contributed by atoms with van der Waals surface area (Å²) in [6, 6.07) is 11.4. The van der Waals surface area contributed by atoms with Gasteiger partial charge in [-0.05, 0) is 29.6 Å². The topological polar surface area (TPSA) is 57.1 Å². The number of fused-ring (bicyclic) bond motifs is 1. The van der Waals surface area contributed by atoms with Crippen molar-refractivity contribution in [1.29, 1.82) is 0 Å². The van der Waals surface area contributed by atoms with E-state index in [2.05, 4.69) is 0 Å². The van der Waals surface area contributed by atoms with E-state index < -0.39 is 5.69 Å². The summed E-state index contributed by atoms with van der Waals surface area (Å²) in [5, 5.41) is 1.75. The third-order valence-electron chi connectivity index (χ3n) is 4.02. The third kappa shape index (κ3) is 2.72. The summed E-state index contributed by atoms with van der Waals surface area (Å²) >= 11 is 1.26. The highest BCUT2D eigenvalue weighted by atomic mass is 32.1. The molecule has 3 aromatic heterocycles. The van der Waals surface area contributed by atoms with Crippen LogP contribution in [0.15, 0.2) is 68.1 Å². The van der Waals surface area contributed by atoms with Crippen LogP contribution in [0.3, 0.4) is 0 Å². The molecule has 5 nitrogen and oxygen atoms in total. The van der Waals surface area contributed by atoms with Gasteiger partial charge in [-0.3, -0.25) is 13.9 Å². The van der Waals surface area contributed by atoms with Crippen LogP contribution in [0.2, 0.25) is 0 Å². The number of furan rings is 1. The molecule has 7 heteroatoms. The van der Waals surface area contributed by atoms with Crippen molar-refractivity contribution in [2.45, 2.75) is 13.1 Å². The lowest BCUT2D eigenvalue weighted by Gasteiger charge is -2.12. The molecule has 0 aliphatic carbocycles. The van der Waals surface area contributed by atoms with Gasteiger partial charge in [0.1, 0.15) is 16.3 Å². The number of hydrogen-bond donors (Lipinski definition) is 0. The van der Waals surface area contributed by atoms with Crippen molar-refractivity contribution >= 4 is 21.6 Å². The molecule has 0 aliphatic rings. The van der Waals surface area contributed by atoms with Crippen LogP contribution in [-0.2, 0) is 13.1 Å². The van der Waals surface area contributed by atoms with Crippen molar-refractivity contribution in [1.82, 2.24) is 9.13 Å². The Morgan fingerprint density at radius 2 is 1.84 bits per heavy atom. The number of hydrogen-bond acceptors (Lipinski definition) is 4. The van der Waals surface area contributed by atoms with Gasteiger partial charge in [0.25, 0.3) is 5.56 Å². The summed E-state index contributed by atoms with van der Waals surface area (Å²) in [7, 11) is 0. The Morgan fingerprint density at radius 1 is 1.00 bits per heavy atom. The number of nitrogens with zero attached hydrogens (tertiary/aromatic N) is 2. The van der Waals surface area contributed by atoms with Crippen LogP contribution in [0.4, 0.5) is 4.39 Å². The van der Waals surface area contributed by atoms with Gasteiger partial charge in [-0.2, -0.15) is 0 Å². The summed E-state index contributed by atoms with van der Waals surface area (Å²) in [5.74, 6) is 0.120. The van der Waals surface area contributed by atoms with Gasteiger partial charge in [0.05, 0.1) is 24.9 Å². The van der Waals surface area contributed by atoms with E-state index in [-0.39, 0.29) is 24.5 Å². The Labute approximate surface area is 145 Å². The van der Waals surface area contributed by atoms with Crippen LogP contribution < -0.4 is 11.2 Å². The van der Waals surface area contributed by atoms with E-state index in [9.17, 15) is 14.0 Å². The number of rotatable bonds is 4. The molecule has 0 spiro atoms. The van der Waals surface area contributed by atoms with Crippen molar-refractivity contribution in [3.05, 3.63) is 92.1 Å². The van der Waals surface area contributed by atoms with Crippen LogP contribution in [0, 0.1) is 5.82 Å². The van der Waals surface area contributed by atoms with Crippen molar-refractivity contribution in [3.63, 3.8) is 0 Å². The number of benzene rings is 1. The van der Waals surface area contributed by atoms with E-state index in [1.54, 1.807) is 41.8 Å². The normalized spacial score (nSPS) is 11.2. The molecule has 0 atom stereocenters. The molecule has 0 bridgehead atoms. The van der Waals surface area contributed by atoms with Gasteiger partial charge in [-0.25, -0.2) is 9.18 Å². The Bertz CT molecular complexity index is 1160. The largest absolute Gasteiger partial charge is 0.467 e. The lowest BCUT2D eigenvalue weighted by atomic mass is 10.2. The fourth-order valence-electron chi connectivity index (χ4n) is 2.78. The van der Waals surface area contributed by atoms with Gasteiger partial charge in [0, 0.05) is 5.56 Å². The predicted molar refractivity (Wildman–Crippen MR) is 93.7 cm³/mol. The van der Waals surface area contributed by atoms with Crippen molar-refractivity contribution < 1.29 is 8.81 Å². The Kier molecular flexibility index (Phi) is 3.85. The first-order valence-corrected chi connectivity index (χ1v) is 8.50. The minimum atomic E-state index is -0.490. The molecular formula is C18H13FN2O3S. The average molecular weight is 356 g/mol.